The summed E-state index contributed by atoms with van der Waals surface area (Å²) in [7, 11) is -3.36. The average molecular weight is 329 g/mol. The number of rotatable bonds is 7. The maximum absolute atomic E-state index is 12.4. The molecule has 0 amide bonds. The molecule has 0 spiro atoms. The van der Waals surface area contributed by atoms with E-state index in [1.54, 1.807) is 6.07 Å². The summed E-state index contributed by atoms with van der Waals surface area (Å²) in [4.78, 5) is 1.09. The van der Waals surface area contributed by atoms with Gasteiger partial charge in [0.2, 0.25) is 10.0 Å². The smallest absolute Gasteiger partial charge is 0.250 e. The van der Waals surface area contributed by atoms with Crippen molar-refractivity contribution in [1.29, 1.82) is 0 Å². The van der Waals surface area contributed by atoms with Crippen molar-refractivity contribution in [2.24, 2.45) is 5.92 Å². The zero-order valence-corrected chi connectivity index (χ0v) is 14.1. The molecule has 0 aliphatic heterocycles. The fraction of sp³-hybridized carbons (Fsp3) is 0.733. The lowest BCUT2D eigenvalue weighted by Crippen LogP contribution is -2.36. The lowest BCUT2D eigenvalue weighted by molar-refractivity contribution is 0.424. The van der Waals surface area contributed by atoms with Gasteiger partial charge >= 0.3 is 0 Å². The lowest BCUT2D eigenvalue weighted by Gasteiger charge is -2.19. The van der Waals surface area contributed by atoms with Crippen LogP contribution in [-0.2, 0) is 16.6 Å². The lowest BCUT2D eigenvalue weighted by atomic mass is 10.0. The summed E-state index contributed by atoms with van der Waals surface area (Å²) in [5.74, 6) is 0.496. The van der Waals surface area contributed by atoms with Crippen molar-refractivity contribution in [3.63, 3.8) is 0 Å². The molecule has 2 N–H and O–H groups in total. The van der Waals surface area contributed by atoms with Gasteiger partial charge in [0.15, 0.2) is 0 Å². The van der Waals surface area contributed by atoms with Crippen LogP contribution in [-0.4, -0.2) is 20.5 Å². The van der Waals surface area contributed by atoms with Gasteiger partial charge in [-0.15, -0.1) is 11.3 Å². The molecule has 6 heteroatoms. The molecule has 1 heterocycles. The van der Waals surface area contributed by atoms with Crippen LogP contribution in [0.3, 0.4) is 0 Å². The molecule has 2 aliphatic rings. The largest absolute Gasteiger partial charge is 0.309 e. The van der Waals surface area contributed by atoms with Crippen molar-refractivity contribution in [2.75, 3.05) is 0 Å². The van der Waals surface area contributed by atoms with Crippen molar-refractivity contribution in [1.82, 2.24) is 10.0 Å². The second-order valence-corrected chi connectivity index (χ2v) is 9.44. The van der Waals surface area contributed by atoms with Gasteiger partial charge in [0.25, 0.3) is 0 Å². The Morgan fingerprint density at radius 1 is 1.24 bits per heavy atom. The fourth-order valence-electron chi connectivity index (χ4n) is 2.99. The van der Waals surface area contributed by atoms with Gasteiger partial charge in [0.05, 0.1) is 0 Å². The van der Waals surface area contributed by atoms with Crippen LogP contribution in [0.4, 0.5) is 0 Å². The minimum Gasteiger partial charge on any atom is -0.309 e. The Morgan fingerprint density at radius 2 is 1.95 bits per heavy atom. The van der Waals surface area contributed by atoms with Gasteiger partial charge < -0.3 is 5.32 Å². The topological polar surface area (TPSA) is 58.2 Å². The van der Waals surface area contributed by atoms with Gasteiger partial charge in [-0.2, -0.15) is 0 Å². The van der Waals surface area contributed by atoms with Crippen LogP contribution in [0, 0.1) is 5.92 Å². The molecule has 0 radical (unpaired) electrons. The molecule has 1 unspecified atom stereocenters. The molecule has 0 saturated heterocycles. The maximum atomic E-state index is 12.4. The van der Waals surface area contributed by atoms with E-state index in [1.807, 2.05) is 13.0 Å². The summed E-state index contributed by atoms with van der Waals surface area (Å²) >= 11 is 1.38. The van der Waals surface area contributed by atoms with Crippen LogP contribution < -0.4 is 10.0 Å². The molecular formula is C15H24N2O2S2. The van der Waals surface area contributed by atoms with Gasteiger partial charge in [-0.3, -0.25) is 0 Å². The van der Waals surface area contributed by atoms with E-state index in [4.69, 9.17) is 0 Å². The van der Waals surface area contributed by atoms with E-state index in [-0.39, 0.29) is 6.04 Å². The number of sulfonamides is 1. The van der Waals surface area contributed by atoms with Crippen molar-refractivity contribution in [2.45, 2.75) is 68.3 Å². The molecule has 1 aromatic rings. The Morgan fingerprint density at radius 3 is 2.62 bits per heavy atom. The third-order valence-electron chi connectivity index (χ3n) is 4.49. The number of thiophene rings is 1. The second-order valence-electron chi connectivity index (χ2n) is 6.33. The van der Waals surface area contributed by atoms with E-state index >= 15 is 0 Å². The number of hydrogen-bond acceptors (Lipinski definition) is 4. The van der Waals surface area contributed by atoms with E-state index in [0.29, 0.717) is 16.2 Å². The summed E-state index contributed by atoms with van der Waals surface area (Å²) in [6, 6.07) is 4.34. The normalized spacial score (nSPS) is 21.8. The third-order valence-corrected chi connectivity index (χ3v) is 7.63. The first kappa shape index (κ1) is 15.5. The van der Waals surface area contributed by atoms with Crippen molar-refractivity contribution in [3.8, 4) is 0 Å². The molecule has 0 bridgehead atoms. The standard InChI is InChI=1S/C15H24N2O2S2/c1-11(12-4-2-3-5-12)17-21(18,19)15-9-8-14(20-15)10-16-13-6-7-13/h8-9,11-13,16-17H,2-7,10H2,1H3. The van der Waals surface area contributed by atoms with E-state index in [1.165, 1.54) is 37.0 Å². The minimum absolute atomic E-state index is 0.0349. The highest BCUT2D eigenvalue weighted by atomic mass is 32.2. The van der Waals surface area contributed by atoms with Crippen LogP contribution in [0.5, 0.6) is 0 Å². The molecule has 21 heavy (non-hydrogen) atoms. The zero-order chi connectivity index (χ0) is 14.9. The SMILES string of the molecule is CC(NS(=O)(=O)c1ccc(CNC2CC2)s1)C1CCCC1. The quantitative estimate of drug-likeness (QED) is 0.809. The minimum atomic E-state index is -3.36. The molecule has 2 fully saturated rings. The molecule has 2 saturated carbocycles. The molecule has 118 valence electrons. The Bertz CT molecular complexity index is 572. The maximum Gasteiger partial charge on any atom is 0.250 e. The van der Waals surface area contributed by atoms with Crippen molar-refractivity contribution >= 4 is 21.4 Å². The summed E-state index contributed by atoms with van der Waals surface area (Å²) in [6.07, 6.45) is 7.24. The van der Waals surface area contributed by atoms with Gasteiger partial charge in [-0.05, 0) is 50.7 Å². The number of nitrogens with one attached hydrogen (secondary N) is 2. The van der Waals surface area contributed by atoms with E-state index in [0.717, 1.165) is 24.3 Å². The fourth-order valence-corrected chi connectivity index (χ4v) is 5.62. The predicted octanol–water partition coefficient (Wildman–Crippen LogP) is 2.86. The molecule has 0 aromatic carbocycles. The van der Waals surface area contributed by atoms with Gasteiger partial charge in [-0.1, -0.05) is 12.8 Å². The van der Waals surface area contributed by atoms with Crippen LogP contribution >= 0.6 is 11.3 Å². The first-order valence-electron chi connectivity index (χ1n) is 7.89. The summed E-state index contributed by atoms with van der Waals surface area (Å²) in [6.45, 7) is 2.78. The van der Waals surface area contributed by atoms with Gasteiger partial charge in [-0.25, -0.2) is 13.1 Å². The van der Waals surface area contributed by atoms with E-state index < -0.39 is 10.0 Å². The van der Waals surface area contributed by atoms with Crippen LogP contribution in [0.2, 0.25) is 0 Å². The first-order chi connectivity index (χ1) is 10.0. The Labute approximate surface area is 131 Å². The molecule has 3 rings (SSSR count). The third kappa shape index (κ3) is 4.06. The molecule has 2 aliphatic carbocycles. The Kier molecular flexibility index (Phi) is 4.69. The number of hydrogen-bond donors (Lipinski definition) is 2. The van der Waals surface area contributed by atoms with Crippen LogP contribution in [0.15, 0.2) is 16.3 Å². The monoisotopic (exact) mass is 328 g/mol. The summed E-state index contributed by atoms with van der Waals surface area (Å²) in [5.41, 5.74) is 0. The highest BCUT2D eigenvalue weighted by Crippen LogP contribution is 2.29. The van der Waals surface area contributed by atoms with Gasteiger partial charge in [0.1, 0.15) is 4.21 Å². The predicted molar refractivity (Wildman–Crippen MR) is 85.9 cm³/mol. The zero-order valence-electron chi connectivity index (χ0n) is 12.5. The van der Waals surface area contributed by atoms with Crippen molar-refractivity contribution in [3.05, 3.63) is 17.0 Å². The molecule has 4 nitrogen and oxygen atoms in total. The highest BCUT2D eigenvalue weighted by molar-refractivity contribution is 7.91. The highest BCUT2D eigenvalue weighted by Gasteiger charge is 2.27. The Balaban J connectivity index is 1.60. The van der Waals surface area contributed by atoms with Crippen LogP contribution in [0.25, 0.3) is 0 Å². The molecule has 1 aromatic heterocycles. The van der Waals surface area contributed by atoms with E-state index in [9.17, 15) is 8.42 Å². The average Bonchev–Trinajstić information content (AvgIpc) is 2.96. The summed E-state index contributed by atoms with van der Waals surface area (Å²) < 4.78 is 28.2. The van der Waals surface area contributed by atoms with Crippen LogP contribution in [0.1, 0.15) is 50.3 Å². The molecule has 1 atom stereocenters. The second kappa shape index (κ2) is 6.36. The van der Waals surface area contributed by atoms with Crippen molar-refractivity contribution < 1.29 is 8.42 Å². The first-order valence-corrected chi connectivity index (χ1v) is 10.2. The summed E-state index contributed by atoms with van der Waals surface area (Å²) in [5, 5.41) is 3.42. The van der Waals surface area contributed by atoms with E-state index in [2.05, 4.69) is 10.0 Å². The van der Waals surface area contributed by atoms with Gasteiger partial charge in [0, 0.05) is 23.5 Å². The molecular weight excluding hydrogens is 304 g/mol. The Hall–Kier alpha value is -0.430.